The Bertz CT molecular complexity index is 1120. The molecule has 6 nitrogen and oxygen atoms in total. The first-order chi connectivity index (χ1) is 15.1. The maximum atomic E-state index is 12.9. The highest BCUT2D eigenvalue weighted by Gasteiger charge is 2.18. The second-order valence-electron chi connectivity index (χ2n) is 6.59. The molecule has 0 aliphatic heterocycles. The van der Waals surface area contributed by atoms with Gasteiger partial charge in [0.25, 0.3) is 0 Å². The molecule has 0 spiro atoms. The molecule has 7 heteroatoms. The van der Waals surface area contributed by atoms with E-state index in [9.17, 15) is 8.42 Å². The summed E-state index contributed by atoms with van der Waals surface area (Å²) < 4.78 is 25.8. The molecule has 4 rings (SSSR count). The first-order valence-corrected chi connectivity index (χ1v) is 11.0. The van der Waals surface area contributed by atoms with Gasteiger partial charge in [-0.2, -0.15) is 0 Å². The van der Waals surface area contributed by atoms with Gasteiger partial charge in [-0.15, -0.1) is 0 Å². The number of anilines is 2. The van der Waals surface area contributed by atoms with Gasteiger partial charge in [-0.3, -0.25) is 0 Å². The predicted octanol–water partition coefficient (Wildman–Crippen LogP) is 5.33. The molecule has 2 N–H and O–H groups in total. The Morgan fingerprint density at radius 1 is 0.484 bits per heavy atom. The highest BCUT2D eigenvalue weighted by atomic mass is 32.2. The molecule has 0 amide bonds. The molecule has 31 heavy (non-hydrogen) atoms. The zero-order chi connectivity index (χ0) is 21.5. The van der Waals surface area contributed by atoms with Crippen LogP contribution in [0.4, 0.5) is 11.4 Å². The minimum Gasteiger partial charge on any atom is -0.382 e. The lowest BCUT2D eigenvalue weighted by Crippen LogP contribution is -2.06. The fraction of sp³-hybridized carbons (Fsp3) is 0. The molecule has 0 bridgehead atoms. The SMILES string of the molecule is O=S(=O)(c1ccc(ONc2ccccc2)cc1)c1ccc(ONc2ccccc2)cc1. The summed E-state index contributed by atoms with van der Waals surface area (Å²) in [5, 5.41) is 0. The van der Waals surface area contributed by atoms with Gasteiger partial charge in [0.15, 0.2) is 11.5 Å². The Labute approximate surface area is 180 Å². The molecule has 0 saturated carbocycles. The molecule has 0 saturated heterocycles. The van der Waals surface area contributed by atoms with Crippen molar-refractivity contribution in [3.63, 3.8) is 0 Å². The van der Waals surface area contributed by atoms with E-state index in [2.05, 4.69) is 11.0 Å². The summed E-state index contributed by atoms with van der Waals surface area (Å²) in [5.74, 6) is 0.997. The van der Waals surface area contributed by atoms with Gasteiger partial charge >= 0.3 is 0 Å². The number of sulfone groups is 1. The Kier molecular flexibility index (Phi) is 6.05. The Balaban J connectivity index is 1.40. The number of para-hydroxylation sites is 2. The molecule has 0 heterocycles. The molecular weight excluding hydrogens is 412 g/mol. The van der Waals surface area contributed by atoms with Crippen LogP contribution in [0.15, 0.2) is 119 Å². The molecule has 0 radical (unpaired) electrons. The van der Waals surface area contributed by atoms with Crippen LogP contribution in [-0.4, -0.2) is 8.42 Å². The number of nitrogens with one attached hydrogen (secondary N) is 2. The zero-order valence-corrected chi connectivity index (χ0v) is 17.3. The van der Waals surface area contributed by atoms with E-state index in [4.69, 9.17) is 9.68 Å². The van der Waals surface area contributed by atoms with Crippen LogP contribution in [0.2, 0.25) is 0 Å². The molecular formula is C24H20N2O4S. The van der Waals surface area contributed by atoms with Crippen molar-refractivity contribution in [2.24, 2.45) is 0 Å². The van der Waals surface area contributed by atoms with Crippen LogP contribution in [0.3, 0.4) is 0 Å². The summed E-state index contributed by atoms with van der Waals surface area (Å²) in [6, 6.07) is 31.3. The largest absolute Gasteiger partial charge is 0.382 e. The lowest BCUT2D eigenvalue weighted by Gasteiger charge is -2.10. The van der Waals surface area contributed by atoms with Gasteiger partial charge < -0.3 is 9.68 Å². The Morgan fingerprint density at radius 3 is 1.19 bits per heavy atom. The molecule has 0 atom stereocenters. The minimum absolute atomic E-state index is 0.177. The van der Waals surface area contributed by atoms with Crippen LogP contribution >= 0.6 is 0 Å². The second-order valence-corrected chi connectivity index (χ2v) is 8.54. The number of rotatable bonds is 8. The number of hydrogen-bond donors (Lipinski definition) is 2. The summed E-state index contributed by atoms with van der Waals surface area (Å²) in [5.41, 5.74) is 7.21. The fourth-order valence-corrected chi connectivity index (χ4v) is 4.02. The normalized spacial score (nSPS) is 10.8. The average molecular weight is 433 g/mol. The van der Waals surface area contributed by atoms with Crippen molar-refractivity contribution < 1.29 is 18.1 Å². The van der Waals surface area contributed by atoms with Crippen LogP contribution in [0.1, 0.15) is 0 Å². The highest BCUT2D eigenvalue weighted by Crippen LogP contribution is 2.25. The van der Waals surface area contributed by atoms with Crippen molar-refractivity contribution in [3.8, 4) is 11.5 Å². The van der Waals surface area contributed by atoms with Gasteiger partial charge in [-0.1, -0.05) is 36.4 Å². The average Bonchev–Trinajstić information content (AvgIpc) is 2.83. The van der Waals surface area contributed by atoms with Gasteiger partial charge in [-0.05, 0) is 72.8 Å². The molecule has 0 aliphatic carbocycles. The van der Waals surface area contributed by atoms with E-state index in [1.54, 1.807) is 24.3 Å². The summed E-state index contributed by atoms with van der Waals surface area (Å²) in [6.45, 7) is 0. The third-order valence-electron chi connectivity index (χ3n) is 4.39. The zero-order valence-electron chi connectivity index (χ0n) is 16.4. The van der Waals surface area contributed by atoms with Crippen LogP contribution < -0.4 is 20.6 Å². The van der Waals surface area contributed by atoms with E-state index >= 15 is 0 Å². The number of hydrogen-bond acceptors (Lipinski definition) is 6. The quantitative estimate of drug-likeness (QED) is 0.367. The van der Waals surface area contributed by atoms with Crippen molar-refractivity contribution in [1.82, 2.24) is 0 Å². The lowest BCUT2D eigenvalue weighted by atomic mass is 10.3. The van der Waals surface area contributed by atoms with E-state index in [1.165, 1.54) is 24.3 Å². The van der Waals surface area contributed by atoms with Gasteiger partial charge in [0.1, 0.15) is 0 Å². The van der Waals surface area contributed by atoms with Gasteiger partial charge in [0.2, 0.25) is 9.84 Å². The maximum absolute atomic E-state index is 12.9. The third kappa shape index (κ3) is 5.15. The van der Waals surface area contributed by atoms with E-state index in [0.717, 1.165) is 11.4 Å². The molecule has 0 unspecified atom stereocenters. The Morgan fingerprint density at radius 2 is 0.839 bits per heavy atom. The van der Waals surface area contributed by atoms with Crippen molar-refractivity contribution >= 4 is 21.2 Å². The molecule has 0 aliphatic rings. The van der Waals surface area contributed by atoms with E-state index < -0.39 is 9.84 Å². The lowest BCUT2D eigenvalue weighted by molar-refractivity contribution is 0.405. The number of benzene rings is 4. The van der Waals surface area contributed by atoms with Crippen LogP contribution in [-0.2, 0) is 9.84 Å². The highest BCUT2D eigenvalue weighted by molar-refractivity contribution is 7.91. The first kappa shape index (κ1) is 20.3. The van der Waals surface area contributed by atoms with E-state index in [1.807, 2.05) is 60.7 Å². The minimum atomic E-state index is -3.66. The Hall–Kier alpha value is -3.97. The van der Waals surface area contributed by atoms with Gasteiger partial charge in [-0.25, -0.2) is 19.4 Å². The van der Waals surface area contributed by atoms with Crippen molar-refractivity contribution in [3.05, 3.63) is 109 Å². The molecule has 4 aromatic rings. The monoisotopic (exact) mass is 432 g/mol. The van der Waals surface area contributed by atoms with Crippen molar-refractivity contribution in [2.75, 3.05) is 11.0 Å². The molecule has 156 valence electrons. The standard InChI is InChI=1S/C24H20N2O4S/c27-31(28,23-15-11-21(12-16-23)29-25-19-7-3-1-4-8-19)24-17-13-22(14-18-24)30-26-20-9-5-2-6-10-20/h1-18,25-26H. The summed E-state index contributed by atoms with van der Waals surface area (Å²) >= 11 is 0. The topological polar surface area (TPSA) is 76.7 Å². The van der Waals surface area contributed by atoms with Crippen molar-refractivity contribution in [2.45, 2.75) is 9.79 Å². The fourth-order valence-electron chi connectivity index (χ4n) is 2.76. The van der Waals surface area contributed by atoms with Crippen molar-refractivity contribution in [1.29, 1.82) is 0 Å². The summed E-state index contributed by atoms with van der Waals surface area (Å²) in [7, 11) is -3.66. The maximum Gasteiger partial charge on any atom is 0.206 e. The van der Waals surface area contributed by atoms with Gasteiger partial charge in [0, 0.05) is 0 Å². The first-order valence-electron chi connectivity index (χ1n) is 9.52. The van der Waals surface area contributed by atoms with Crippen LogP contribution in [0.5, 0.6) is 11.5 Å². The second kappa shape index (κ2) is 9.23. The smallest absolute Gasteiger partial charge is 0.206 e. The molecule has 4 aromatic carbocycles. The molecule has 0 fully saturated rings. The summed E-state index contributed by atoms with van der Waals surface area (Å²) in [6.07, 6.45) is 0. The predicted molar refractivity (Wildman–Crippen MR) is 120 cm³/mol. The van der Waals surface area contributed by atoms with E-state index in [0.29, 0.717) is 11.5 Å². The van der Waals surface area contributed by atoms with Crippen LogP contribution in [0.25, 0.3) is 0 Å². The van der Waals surface area contributed by atoms with Gasteiger partial charge in [0.05, 0.1) is 21.2 Å². The van der Waals surface area contributed by atoms with Crippen LogP contribution in [0, 0.1) is 0 Å². The van der Waals surface area contributed by atoms with E-state index in [-0.39, 0.29) is 9.79 Å². The molecule has 0 aromatic heterocycles. The summed E-state index contributed by atoms with van der Waals surface area (Å²) in [4.78, 5) is 11.3. The third-order valence-corrected chi connectivity index (χ3v) is 6.17.